The molecule has 2 fully saturated rings. The molecule has 0 aromatic carbocycles. The van der Waals surface area contributed by atoms with E-state index >= 15 is 0 Å². The molecule has 2 amide bonds. The van der Waals surface area contributed by atoms with E-state index in [0.717, 1.165) is 0 Å². The first-order valence-electron chi connectivity index (χ1n) is 6.10. The lowest BCUT2D eigenvalue weighted by Crippen LogP contribution is -2.62. The third kappa shape index (κ3) is 1.64. The van der Waals surface area contributed by atoms with Crippen molar-refractivity contribution in [3.05, 3.63) is 0 Å². The molecule has 0 radical (unpaired) electrons. The molecule has 0 aromatic heterocycles. The van der Waals surface area contributed by atoms with Crippen LogP contribution in [-0.2, 0) is 19.1 Å². The third-order valence-electron chi connectivity index (χ3n) is 4.34. The number of carbonyl (C=O) groups is 3. The number of amides is 2. The first-order chi connectivity index (χ1) is 8.15. The summed E-state index contributed by atoms with van der Waals surface area (Å²) in [6.45, 7) is 5.40. The summed E-state index contributed by atoms with van der Waals surface area (Å²) in [4.78, 5) is 35.9. The standard InChI is InChI=1S/C13H19NO4/c1-11-5-12(2,9(16)14-8(11)15)7-13(3,6-11)10(17)18-4/h5-7H2,1-4H3,(H,14,15,16)/t11-,12-/m1/s1. The van der Waals surface area contributed by atoms with Gasteiger partial charge in [-0.2, -0.15) is 0 Å². The molecule has 1 N–H and O–H groups in total. The molecule has 2 bridgehead atoms. The van der Waals surface area contributed by atoms with E-state index in [2.05, 4.69) is 5.32 Å². The van der Waals surface area contributed by atoms with Crippen LogP contribution in [0, 0.1) is 16.2 Å². The molecule has 1 aliphatic carbocycles. The molecule has 1 saturated heterocycles. The van der Waals surface area contributed by atoms with Gasteiger partial charge < -0.3 is 4.74 Å². The Morgan fingerprint density at radius 3 is 1.89 bits per heavy atom. The molecule has 5 heteroatoms. The van der Waals surface area contributed by atoms with Gasteiger partial charge in [-0.05, 0) is 26.2 Å². The molecule has 1 heterocycles. The average molecular weight is 253 g/mol. The van der Waals surface area contributed by atoms with Crippen LogP contribution >= 0.6 is 0 Å². The maximum absolute atomic E-state index is 12.0. The van der Waals surface area contributed by atoms with E-state index in [9.17, 15) is 14.4 Å². The average Bonchev–Trinajstić information content (AvgIpc) is 2.24. The molecular formula is C13H19NO4. The predicted octanol–water partition coefficient (Wildman–Crippen LogP) is 1.02. The Balaban J connectivity index is 2.45. The molecule has 2 rings (SSSR count). The lowest BCUT2D eigenvalue weighted by Gasteiger charge is -2.52. The Morgan fingerprint density at radius 2 is 1.50 bits per heavy atom. The van der Waals surface area contributed by atoms with Gasteiger partial charge in [-0.1, -0.05) is 13.8 Å². The monoisotopic (exact) mass is 253 g/mol. The fourth-order valence-corrected chi connectivity index (χ4v) is 3.89. The highest BCUT2D eigenvalue weighted by Crippen LogP contribution is 2.56. The molecule has 0 spiro atoms. The summed E-state index contributed by atoms with van der Waals surface area (Å²) in [6, 6.07) is 0. The van der Waals surface area contributed by atoms with Crippen molar-refractivity contribution in [3.63, 3.8) is 0 Å². The Hall–Kier alpha value is -1.39. The molecule has 0 unspecified atom stereocenters. The van der Waals surface area contributed by atoms with Crippen LogP contribution in [0.1, 0.15) is 40.0 Å². The van der Waals surface area contributed by atoms with E-state index in [1.165, 1.54) is 7.11 Å². The van der Waals surface area contributed by atoms with Crippen molar-refractivity contribution in [3.8, 4) is 0 Å². The highest BCUT2D eigenvalue weighted by molar-refractivity contribution is 6.04. The van der Waals surface area contributed by atoms with Crippen LogP contribution < -0.4 is 5.32 Å². The predicted molar refractivity (Wildman–Crippen MR) is 63.3 cm³/mol. The van der Waals surface area contributed by atoms with Crippen molar-refractivity contribution in [1.82, 2.24) is 5.32 Å². The van der Waals surface area contributed by atoms with E-state index in [1.807, 2.05) is 13.8 Å². The zero-order valence-electron chi connectivity index (χ0n) is 11.3. The number of esters is 1. The van der Waals surface area contributed by atoms with Crippen molar-refractivity contribution < 1.29 is 19.1 Å². The SMILES string of the molecule is COC(=O)C1(C)C[C@@]2(C)C[C@](C)(C1)C(=O)NC2=O. The molecular weight excluding hydrogens is 234 g/mol. The number of rotatable bonds is 1. The summed E-state index contributed by atoms with van der Waals surface area (Å²) in [5.74, 6) is -0.901. The summed E-state index contributed by atoms with van der Waals surface area (Å²) >= 11 is 0. The normalized spacial score (nSPS) is 43.3. The first kappa shape index (κ1) is 13.1. The second-order valence-electron chi connectivity index (χ2n) is 6.49. The summed E-state index contributed by atoms with van der Waals surface area (Å²) in [5, 5.41) is 2.43. The summed E-state index contributed by atoms with van der Waals surface area (Å²) < 4.78 is 4.84. The maximum atomic E-state index is 12.0. The van der Waals surface area contributed by atoms with E-state index in [-0.39, 0.29) is 17.8 Å². The Kier molecular flexibility index (Phi) is 2.58. The quantitative estimate of drug-likeness (QED) is 0.559. The summed E-state index contributed by atoms with van der Waals surface area (Å²) in [5.41, 5.74) is -2.13. The van der Waals surface area contributed by atoms with Crippen LogP contribution in [0.25, 0.3) is 0 Å². The minimum absolute atomic E-state index is 0.278. The fraction of sp³-hybridized carbons (Fsp3) is 0.769. The number of carbonyl (C=O) groups excluding carboxylic acids is 3. The van der Waals surface area contributed by atoms with Crippen molar-refractivity contribution in [2.24, 2.45) is 16.2 Å². The molecule has 2 aliphatic rings. The van der Waals surface area contributed by atoms with E-state index < -0.39 is 16.2 Å². The highest BCUT2D eigenvalue weighted by Gasteiger charge is 2.61. The van der Waals surface area contributed by atoms with E-state index in [4.69, 9.17) is 4.74 Å². The number of fused-ring (bicyclic) bond motifs is 2. The minimum Gasteiger partial charge on any atom is -0.469 e. The summed E-state index contributed by atoms with van der Waals surface area (Å²) in [6.07, 6.45) is 1.33. The van der Waals surface area contributed by atoms with Crippen molar-refractivity contribution >= 4 is 17.8 Å². The largest absolute Gasteiger partial charge is 0.469 e. The van der Waals surface area contributed by atoms with Crippen LogP contribution in [0.5, 0.6) is 0 Å². The number of methoxy groups -OCH3 is 1. The van der Waals surface area contributed by atoms with E-state index in [0.29, 0.717) is 19.3 Å². The van der Waals surface area contributed by atoms with Crippen LogP contribution in [0.4, 0.5) is 0 Å². The van der Waals surface area contributed by atoms with Crippen molar-refractivity contribution in [1.29, 1.82) is 0 Å². The number of hydrogen-bond acceptors (Lipinski definition) is 4. The molecule has 18 heavy (non-hydrogen) atoms. The van der Waals surface area contributed by atoms with Crippen LogP contribution in [0.15, 0.2) is 0 Å². The van der Waals surface area contributed by atoms with Crippen molar-refractivity contribution in [2.45, 2.75) is 40.0 Å². The molecule has 100 valence electrons. The Morgan fingerprint density at radius 1 is 1.06 bits per heavy atom. The summed E-state index contributed by atoms with van der Waals surface area (Å²) in [7, 11) is 1.34. The van der Waals surface area contributed by atoms with Gasteiger partial charge in [-0.3, -0.25) is 19.7 Å². The number of nitrogens with one attached hydrogen (secondary N) is 1. The van der Waals surface area contributed by atoms with Gasteiger partial charge in [0.05, 0.1) is 12.5 Å². The van der Waals surface area contributed by atoms with Crippen LogP contribution in [0.3, 0.4) is 0 Å². The van der Waals surface area contributed by atoms with Gasteiger partial charge in [0, 0.05) is 10.8 Å². The van der Waals surface area contributed by atoms with Crippen LogP contribution in [-0.4, -0.2) is 24.9 Å². The van der Waals surface area contributed by atoms with Gasteiger partial charge >= 0.3 is 5.97 Å². The van der Waals surface area contributed by atoms with Gasteiger partial charge in [0.1, 0.15) is 0 Å². The molecule has 5 nitrogen and oxygen atoms in total. The van der Waals surface area contributed by atoms with E-state index in [1.54, 1.807) is 6.92 Å². The Bertz CT molecular complexity index is 416. The number of piperidine rings is 1. The highest BCUT2D eigenvalue weighted by atomic mass is 16.5. The first-order valence-corrected chi connectivity index (χ1v) is 6.10. The van der Waals surface area contributed by atoms with Crippen LogP contribution in [0.2, 0.25) is 0 Å². The fourth-order valence-electron chi connectivity index (χ4n) is 3.89. The molecule has 0 aromatic rings. The molecule has 1 saturated carbocycles. The second kappa shape index (κ2) is 3.56. The zero-order valence-corrected chi connectivity index (χ0v) is 11.3. The molecule has 2 atom stereocenters. The third-order valence-corrected chi connectivity index (χ3v) is 4.34. The van der Waals surface area contributed by atoms with Gasteiger partial charge in [0.2, 0.25) is 11.8 Å². The second-order valence-corrected chi connectivity index (χ2v) is 6.49. The lowest BCUT2D eigenvalue weighted by molar-refractivity contribution is -0.172. The lowest BCUT2D eigenvalue weighted by atomic mass is 9.52. The molecule has 1 aliphatic heterocycles. The minimum atomic E-state index is -0.774. The van der Waals surface area contributed by atoms with Gasteiger partial charge in [-0.25, -0.2) is 0 Å². The smallest absolute Gasteiger partial charge is 0.311 e. The Labute approximate surface area is 106 Å². The van der Waals surface area contributed by atoms with Gasteiger partial charge in [-0.15, -0.1) is 0 Å². The zero-order chi connectivity index (χ0) is 13.8. The van der Waals surface area contributed by atoms with Crippen molar-refractivity contribution in [2.75, 3.05) is 7.11 Å². The van der Waals surface area contributed by atoms with Gasteiger partial charge in [0.15, 0.2) is 0 Å². The number of hydrogen-bond donors (Lipinski definition) is 1. The number of ether oxygens (including phenoxy) is 1. The topological polar surface area (TPSA) is 72.5 Å². The maximum Gasteiger partial charge on any atom is 0.311 e. The van der Waals surface area contributed by atoms with Gasteiger partial charge in [0.25, 0.3) is 0 Å². The number of imide groups is 1.